The van der Waals surface area contributed by atoms with Crippen molar-refractivity contribution in [1.29, 1.82) is 0 Å². The van der Waals surface area contributed by atoms with Crippen LogP contribution in [0.4, 0.5) is 17.1 Å². The zero-order chi connectivity index (χ0) is 35.5. The normalized spacial score (nSPS) is 14.3. The molecule has 0 atom stereocenters. The molecular weight excluding hydrogens is 643 g/mol. The van der Waals surface area contributed by atoms with Crippen LogP contribution in [0.1, 0.15) is 43.4 Å². The number of benzene rings is 7. The first-order chi connectivity index (χ1) is 26.0. The number of fused-ring (bicyclic) bond motifs is 6. The average Bonchev–Trinajstić information content (AvgIpc) is 3.71. The molecule has 8 aromatic rings. The summed E-state index contributed by atoms with van der Waals surface area (Å²) in [6.07, 6.45) is 9.19. The highest BCUT2D eigenvalue weighted by Gasteiger charge is 2.36. The molecule has 0 saturated heterocycles. The molecule has 0 N–H and O–H groups in total. The van der Waals surface area contributed by atoms with Gasteiger partial charge in [-0.2, -0.15) is 0 Å². The molecule has 2 aliphatic rings. The maximum Gasteiger partial charge on any atom is 0.136 e. The van der Waals surface area contributed by atoms with E-state index < -0.39 is 0 Å². The predicted octanol–water partition coefficient (Wildman–Crippen LogP) is 14.4. The summed E-state index contributed by atoms with van der Waals surface area (Å²) in [6, 6.07) is 57.3. The number of allylic oxidation sites excluding steroid dienone is 4. The van der Waals surface area contributed by atoms with Crippen LogP contribution in [0, 0.1) is 0 Å². The van der Waals surface area contributed by atoms with E-state index in [1.807, 2.05) is 12.1 Å². The van der Waals surface area contributed by atoms with Crippen molar-refractivity contribution in [3.05, 3.63) is 193 Å². The first-order valence-electron chi connectivity index (χ1n) is 18.7. The molecule has 0 bridgehead atoms. The molecule has 0 radical (unpaired) electrons. The van der Waals surface area contributed by atoms with Crippen LogP contribution in [0.25, 0.3) is 60.9 Å². The van der Waals surface area contributed by atoms with Crippen LogP contribution in [0.2, 0.25) is 0 Å². The van der Waals surface area contributed by atoms with Crippen LogP contribution in [0.15, 0.2) is 180 Å². The second kappa shape index (κ2) is 12.4. The minimum Gasteiger partial charge on any atom is -0.456 e. The highest BCUT2D eigenvalue weighted by atomic mass is 16.3. The fraction of sp³-hybridized carbons (Fsp3) is 0.0980. The minimum atomic E-state index is -0.0630. The van der Waals surface area contributed by atoms with Crippen molar-refractivity contribution < 1.29 is 4.42 Å². The lowest BCUT2D eigenvalue weighted by Gasteiger charge is -2.26. The third-order valence-electron chi connectivity index (χ3n) is 11.3. The summed E-state index contributed by atoms with van der Waals surface area (Å²) >= 11 is 0. The van der Waals surface area contributed by atoms with Crippen molar-refractivity contribution in [2.75, 3.05) is 4.90 Å². The van der Waals surface area contributed by atoms with Crippen LogP contribution < -0.4 is 4.90 Å². The van der Waals surface area contributed by atoms with Gasteiger partial charge in [0.15, 0.2) is 0 Å². The quantitative estimate of drug-likeness (QED) is 0.174. The molecule has 1 heterocycles. The smallest absolute Gasteiger partial charge is 0.136 e. The van der Waals surface area contributed by atoms with Gasteiger partial charge in [-0.15, -0.1) is 0 Å². The Balaban J connectivity index is 1.03. The largest absolute Gasteiger partial charge is 0.456 e. The van der Waals surface area contributed by atoms with Gasteiger partial charge in [0.2, 0.25) is 0 Å². The third kappa shape index (κ3) is 5.25. The number of hydrogen-bond acceptors (Lipinski definition) is 2. The van der Waals surface area contributed by atoms with Gasteiger partial charge in [0.1, 0.15) is 11.2 Å². The van der Waals surface area contributed by atoms with Gasteiger partial charge in [0.25, 0.3) is 0 Å². The van der Waals surface area contributed by atoms with Crippen LogP contribution in [0.3, 0.4) is 0 Å². The second-order valence-corrected chi connectivity index (χ2v) is 14.8. The molecule has 2 heteroatoms. The highest BCUT2D eigenvalue weighted by Crippen LogP contribution is 2.51. The predicted molar refractivity (Wildman–Crippen MR) is 223 cm³/mol. The summed E-state index contributed by atoms with van der Waals surface area (Å²) in [6.45, 7) is 4.74. The molecule has 1 aromatic heterocycles. The number of anilines is 3. The van der Waals surface area contributed by atoms with E-state index in [9.17, 15) is 0 Å². The van der Waals surface area contributed by atoms with Crippen molar-refractivity contribution >= 4 is 44.6 Å². The van der Waals surface area contributed by atoms with Crippen molar-refractivity contribution in [2.45, 2.75) is 32.1 Å². The van der Waals surface area contributed by atoms with E-state index in [1.165, 1.54) is 50.1 Å². The Bertz CT molecular complexity index is 2740. The Kier molecular flexibility index (Phi) is 7.33. The summed E-state index contributed by atoms with van der Waals surface area (Å²) in [4.78, 5) is 2.35. The van der Waals surface area contributed by atoms with Crippen LogP contribution in [0.5, 0.6) is 0 Å². The lowest BCUT2D eigenvalue weighted by molar-refractivity contribution is 0.660. The molecule has 2 nitrogen and oxygen atoms in total. The zero-order valence-electron chi connectivity index (χ0n) is 30.0. The maximum atomic E-state index is 6.21. The Labute approximate surface area is 311 Å². The zero-order valence-corrected chi connectivity index (χ0v) is 30.0. The van der Waals surface area contributed by atoms with E-state index in [1.54, 1.807) is 0 Å². The lowest BCUT2D eigenvalue weighted by Crippen LogP contribution is -2.15. The molecule has 0 spiro atoms. The van der Waals surface area contributed by atoms with Crippen LogP contribution >= 0.6 is 0 Å². The van der Waals surface area contributed by atoms with Crippen molar-refractivity contribution in [1.82, 2.24) is 0 Å². The molecule has 0 fully saturated rings. The molecular formula is C51H39NO. The molecule has 0 unspecified atom stereocenters. The molecule has 0 saturated carbocycles. The summed E-state index contributed by atoms with van der Waals surface area (Å²) < 4.78 is 6.21. The fourth-order valence-electron chi connectivity index (χ4n) is 8.59. The Morgan fingerprint density at radius 1 is 0.491 bits per heavy atom. The summed E-state index contributed by atoms with van der Waals surface area (Å²) in [5.74, 6) is 0. The van der Waals surface area contributed by atoms with Gasteiger partial charge in [0.05, 0.1) is 0 Å². The minimum absolute atomic E-state index is 0.0630. The second-order valence-electron chi connectivity index (χ2n) is 14.8. The van der Waals surface area contributed by atoms with Gasteiger partial charge in [-0.25, -0.2) is 0 Å². The van der Waals surface area contributed by atoms with Gasteiger partial charge in [-0.1, -0.05) is 129 Å². The number of hydrogen-bond donors (Lipinski definition) is 0. The van der Waals surface area contributed by atoms with E-state index in [0.29, 0.717) is 0 Å². The summed E-state index contributed by atoms with van der Waals surface area (Å²) in [5, 5.41) is 2.30. The standard InChI is InChI=1S/C51H39NO/c1-51(2)46-30-26-37(32-45(46)43-29-25-38(33-47(43)51)34-13-5-3-6-14-34)36-15-11-18-41(31-36)52(39-16-7-4-8-17-39)40-27-23-35(24-28-40)42-20-12-22-49-50(42)44-19-9-10-21-48(44)53-49/h4-5,7-33H,3,6H2,1-2H3. The molecule has 10 rings (SSSR count). The number of para-hydroxylation sites is 2. The Morgan fingerprint density at radius 2 is 1.21 bits per heavy atom. The summed E-state index contributed by atoms with van der Waals surface area (Å²) in [7, 11) is 0. The molecule has 254 valence electrons. The first kappa shape index (κ1) is 31.4. The van der Waals surface area contributed by atoms with Gasteiger partial charge in [-0.05, 0) is 129 Å². The molecule has 0 amide bonds. The van der Waals surface area contributed by atoms with E-state index >= 15 is 0 Å². The van der Waals surface area contributed by atoms with E-state index in [4.69, 9.17) is 4.42 Å². The molecule has 7 aromatic carbocycles. The SMILES string of the molecule is CC1(C)c2ccc(-c3cccc(N(c4ccccc4)c4ccc(-c5cccc6oc7ccccc7c56)cc4)c3)cc2-c2ccc(C3=CCCC=C3)cc21. The fourth-order valence-corrected chi connectivity index (χ4v) is 8.59. The lowest BCUT2D eigenvalue weighted by atomic mass is 9.81. The highest BCUT2D eigenvalue weighted by molar-refractivity contribution is 6.12. The molecule has 2 aliphatic carbocycles. The third-order valence-corrected chi connectivity index (χ3v) is 11.3. The van der Waals surface area contributed by atoms with Crippen LogP contribution in [-0.2, 0) is 5.41 Å². The Morgan fingerprint density at radius 3 is 2.06 bits per heavy atom. The van der Waals surface area contributed by atoms with E-state index in [2.05, 4.69) is 183 Å². The summed E-state index contributed by atoms with van der Waals surface area (Å²) in [5.41, 5.74) is 18.0. The van der Waals surface area contributed by atoms with Crippen LogP contribution in [-0.4, -0.2) is 0 Å². The van der Waals surface area contributed by atoms with Crippen molar-refractivity contribution in [2.24, 2.45) is 0 Å². The van der Waals surface area contributed by atoms with Gasteiger partial charge in [0, 0.05) is 33.2 Å². The van der Waals surface area contributed by atoms with Crippen molar-refractivity contribution in [3.8, 4) is 33.4 Å². The Hall–Kier alpha value is -6.38. The number of rotatable bonds is 6. The topological polar surface area (TPSA) is 16.4 Å². The maximum absolute atomic E-state index is 6.21. The van der Waals surface area contributed by atoms with E-state index in [-0.39, 0.29) is 5.41 Å². The molecule has 53 heavy (non-hydrogen) atoms. The monoisotopic (exact) mass is 681 g/mol. The van der Waals surface area contributed by atoms with Gasteiger partial charge < -0.3 is 9.32 Å². The van der Waals surface area contributed by atoms with Gasteiger partial charge >= 0.3 is 0 Å². The van der Waals surface area contributed by atoms with E-state index in [0.717, 1.165) is 57.4 Å². The number of nitrogens with zero attached hydrogens (tertiary/aromatic N) is 1. The van der Waals surface area contributed by atoms with Crippen molar-refractivity contribution in [3.63, 3.8) is 0 Å². The first-order valence-corrected chi connectivity index (χ1v) is 18.7. The molecule has 0 aliphatic heterocycles. The number of furan rings is 1. The average molecular weight is 682 g/mol. The van der Waals surface area contributed by atoms with Gasteiger partial charge in [-0.3, -0.25) is 0 Å².